The second kappa shape index (κ2) is 9.84. The van der Waals surface area contributed by atoms with Crippen molar-refractivity contribution >= 4 is 0 Å². The molecule has 2 aromatic carbocycles. The van der Waals surface area contributed by atoms with Crippen molar-refractivity contribution in [1.82, 2.24) is 14.7 Å². The second-order valence-electron chi connectivity index (χ2n) is 9.12. The number of para-hydroxylation sites is 1. The summed E-state index contributed by atoms with van der Waals surface area (Å²) in [7, 11) is 0. The zero-order chi connectivity index (χ0) is 22.7. The van der Waals surface area contributed by atoms with Gasteiger partial charge in [0.25, 0.3) is 0 Å². The van der Waals surface area contributed by atoms with Crippen LogP contribution < -0.4 is 4.74 Å². The van der Waals surface area contributed by atoms with E-state index < -0.39 is 6.10 Å². The van der Waals surface area contributed by atoms with Gasteiger partial charge in [0.1, 0.15) is 11.6 Å². The van der Waals surface area contributed by atoms with E-state index in [1.54, 1.807) is 12.1 Å². The SMILES string of the molecule is CC(O)CN(Cc1c(C(C)C)nn(-c2ccccc2)c1Oc1cccc(F)c1)CC1CC1. The van der Waals surface area contributed by atoms with Crippen LogP contribution in [0.15, 0.2) is 54.6 Å². The molecule has 1 saturated carbocycles. The predicted octanol–water partition coefficient (Wildman–Crippen LogP) is 5.52. The maximum atomic E-state index is 13.9. The van der Waals surface area contributed by atoms with Gasteiger partial charge in [0.15, 0.2) is 0 Å². The third kappa shape index (κ3) is 5.56. The molecule has 0 aliphatic heterocycles. The third-order valence-electron chi connectivity index (χ3n) is 5.64. The van der Waals surface area contributed by atoms with Crippen molar-refractivity contribution in [2.45, 2.75) is 52.2 Å². The van der Waals surface area contributed by atoms with E-state index >= 15 is 0 Å². The molecule has 4 rings (SSSR count). The Bertz CT molecular complexity index is 1020. The van der Waals surface area contributed by atoms with Crippen LogP contribution in [0.1, 0.15) is 50.8 Å². The molecule has 1 aromatic heterocycles. The molecule has 5 nitrogen and oxygen atoms in total. The van der Waals surface area contributed by atoms with Gasteiger partial charge in [-0.25, -0.2) is 9.07 Å². The number of aliphatic hydroxyl groups excluding tert-OH is 1. The number of hydrogen-bond acceptors (Lipinski definition) is 4. The van der Waals surface area contributed by atoms with Crippen LogP contribution in [-0.2, 0) is 6.54 Å². The first-order valence-electron chi connectivity index (χ1n) is 11.4. The molecule has 0 amide bonds. The number of ether oxygens (including phenoxy) is 1. The predicted molar refractivity (Wildman–Crippen MR) is 124 cm³/mol. The number of halogens is 1. The first-order chi connectivity index (χ1) is 15.4. The quantitative estimate of drug-likeness (QED) is 0.454. The van der Waals surface area contributed by atoms with Crippen LogP contribution in [-0.4, -0.2) is 39.0 Å². The van der Waals surface area contributed by atoms with E-state index in [1.807, 2.05) is 41.9 Å². The highest BCUT2D eigenvalue weighted by Gasteiger charge is 2.29. The molecule has 32 heavy (non-hydrogen) atoms. The maximum absolute atomic E-state index is 13.9. The lowest BCUT2D eigenvalue weighted by Gasteiger charge is -2.24. The van der Waals surface area contributed by atoms with Gasteiger partial charge in [-0.15, -0.1) is 0 Å². The van der Waals surface area contributed by atoms with E-state index in [0.717, 1.165) is 23.5 Å². The van der Waals surface area contributed by atoms with Gasteiger partial charge in [0, 0.05) is 25.7 Å². The Kier molecular flexibility index (Phi) is 6.92. The van der Waals surface area contributed by atoms with Crippen LogP contribution in [0.5, 0.6) is 11.6 Å². The molecule has 6 heteroatoms. The van der Waals surface area contributed by atoms with Gasteiger partial charge in [-0.2, -0.15) is 5.10 Å². The monoisotopic (exact) mass is 437 g/mol. The third-order valence-corrected chi connectivity index (χ3v) is 5.64. The van der Waals surface area contributed by atoms with Crippen LogP contribution in [0, 0.1) is 11.7 Å². The summed E-state index contributed by atoms with van der Waals surface area (Å²) in [6.07, 6.45) is 2.06. The van der Waals surface area contributed by atoms with Gasteiger partial charge >= 0.3 is 0 Å². The number of aromatic nitrogens is 2. The molecule has 1 aliphatic rings. The van der Waals surface area contributed by atoms with Crippen molar-refractivity contribution in [2.24, 2.45) is 5.92 Å². The van der Waals surface area contributed by atoms with E-state index in [0.29, 0.717) is 30.6 Å². The molecule has 0 bridgehead atoms. The molecule has 1 unspecified atom stereocenters. The van der Waals surface area contributed by atoms with E-state index in [2.05, 4.69) is 18.7 Å². The number of hydrogen-bond donors (Lipinski definition) is 1. The fraction of sp³-hybridized carbons (Fsp3) is 0.423. The van der Waals surface area contributed by atoms with Crippen LogP contribution in [0.2, 0.25) is 0 Å². The molecule has 1 atom stereocenters. The fourth-order valence-corrected chi connectivity index (χ4v) is 4.02. The molecule has 1 fully saturated rings. The van der Waals surface area contributed by atoms with Crippen molar-refractivity contribution in [3.8, 4) is 17.3 Å². The van der Waals surface area contributed by atoms with Crippen molar-refractivity contribution < 1.29 is 14.2 Å². The summed E-state index contributed by atoms with van der Waals surface area (Å²) < 4.78 is 22.0. The topological polar surface area (TPSA) is 50.5 Å². The molecule has 0 saturated heterocycles. The smallest absolute Gasteiger partial charge is 0.227 e. The van der Waals surface area contributed by atoms with Gasteiger partial charge in [0.05, 0.1) is 23.0 Å². The Morgan fingerprint density at radius 3 is 2.50 bits per heavy atom. The van der Waals surface area contributed by atoms with E-state index in [1.165, 1.54) is 25.0 Å². The number of aliphatic hydroxyl groups is 1. The molecule has 1 aliphatic carbocycles. The minimum absolute atomic E-state index is 0.180. The number of benzene rings is 2. The summed E-state index contributed by atoms with van der Waals surface area (Å²) in [5, 5.41) is 15.0. The van der Waals surface area contributed by atoms with E-state index in [9.17, 15) is 9.50 Å². The van der Waals surface area contributed by atoms with Crippen molar-refractivity contribution in [3.05, 3.63) is 71.7 Å². The molecular weight excluding hydrogens is 405 g/mol. The highest BCUT2D eigenvalue weighted by atomic mass is 19.1. The molecule has 170 valence electrons. The van der Waals surface area contributed by atoms with Gasteiger partial charge in [-0.1, -0.05) is 38.1 Å². The maximum Gasteiger partial charge on any atom is 0.227 e. The number of nitrogens with zero attached hydrogens (tertiary/aromatic N) is 3. The Balaban J connectivity index is 1.78. The summed E-state index contributed by atoms with van der Waals surface area (Å²) in [6, 6.07) is 16.0. The standard InChI is InChI=1S/C26H32FN3O2/c1-18(2)25-24(17-29(15-19(3)31)16-20-12-13-20)26(32-23-11-7-8-21(27)14-23)30(28-25)22-9-5-4-6-10-22/h4-11,14,18-20,31H,12-13,15-17H2,1-3H3. The summed E-state index contributed by atoms with van der Waals surface area (Å²) in [5.74, 6) is 1.55. The molecule has 3 aromatic rings. The van der Waals surface area contributed by atoms with Crippen LogP contribution in [0.3, 0.4) is 0 Å². The molecule has 1 heterocycles. The van der Waals surface area contributed by atoms with Gasteiger partial charge in [-0.3, -0.25) is 4.90 Å². The lowest BCUT2D eigenvalue weighted by atomic mass is 10.1. The number of rotatable bonds is 10. The highest BCUT2D eigenvalue weighted by Crippen LogP contribution is 2.36. The Morgan fingerprint density at radius 1 is 1.12 bits per heavy atom. The minimum Gasteiger partial charge on any atom is -0.438 e. The Labute approximate surface area is 189 Å². The van der Waals surface area contributed by atoms with Crippen LogP contribution in [0.25, 0.3) is 5.69 Å². The van der Waals surface area contributed by atoms with Crippen molar-refractivity contribution in [3.63, 3.8) is 0 Å². The normalized spacial score (nSPS) is 14.8. The Morgan fingerprint density at radius 2 is 1.88 bits per heavy atom. The summed E-state index contributed by atoms with van der Waals surface area (Å²) >= 11 is 0. The first-order valence-corrected chi connectivity index (χ1v) is 11.4. The molecule has 0 radical (unpaired) electrons. The summed E-state index contributed by atoms with van der Waals surface area (Å²) in [6.45, 7) is 8.20. The first kappa shape index (κ1) is 22.5. The molecular formula is C26H32FN3O2. The minimum atomic E-state index is -0.423. The van der Waals surface area contributed by atoms with E-state index in [4.69, 9.17) is 9.84 Å². The van der Waals surface area contributed by atoms with Gasteiger partial charge < -0.3 is 9.84 Å². The largest absolute Gasteiger partial charge is 0.438 e. The van der Waals surface area contributed by atoms with E-state index in [-0.39, 0.29) is 11.7 Å². The van der Waals surface area contributed by atoms with Gasteiger partial charge in [0.2, 0.25) is 5.88 Å². The Hall–Kier alpha value is -2.70. The van der Waals surface area contributed by atoms with Gasteiger partial charge in [-0.05, 0) is 55.9 Å². The molecule has 1 N–H and O–H groups in total. The summed E-state index contributed by atoms with van der Waals surface area (Å²) in [5.41, 5.74) is 2.82. The molecule has 0 spiro atoms. The average molecular weight is 438 g/mol. The zero-order valence-electron chi connectivity index (χ0n) is 19.0. The lowest BCUT2D eigenvalue weighted by molar-refractivity contribution is 0.118. The van der Waals surface area contributed by atoms with Crippen molar-refractivity contribution in [1.29, 1.82) is 0 Å². The fourth-order valence-electron chi connectivity index (χ4n) is 4.02. The zero-order valence-corrected chi connectivity index (χ0v) is 19.0. The van der Waals surface area contributed by atoms with Crippen molar-refractivity contribution in [2.75, 3.05) is 13.1 Å². The highest BCUT2D eigenvalue weighted by molar-refractivity contribution is 5.44. The van der Waals surface area contributed by atoms with Crippen LogP contribution >= 0.6 is 0 Å². The lowest BCUT2D eigenvalue weighted by Crippen LogP contribution is -2.32. The van der Waals surface area contributed by atoms with Crippen LogP contribution in [0.4, 0.5) is 4.39 Å². The second-order valence-corrected chi connectivity index (χ2v) is 9.12. The summed E-state index contributed by atoms with van der Waals surface area (Å²) in [4.78, 5) is 2.29. The average Bonchev–Trinajstić information content (AvgIpc) is 3.49.